The Hall–Kier alpha value is -4.54. The van der Waals surface area contributed by atoms with Gasteiger partial charge in [0.1, 0.15) is 0 Å². The first-order valence-corrected chi connectivity index (χ1v) is 9.33. The average Bonchev–Trinajstić information content (AvgIpc) is 2.79. The molecule has 0 aliphatic heterocycles. The number of nitrogens with two attached hydrogens (primary N) is 2. The zero-order valence-corrected chi connectivity index (χ0v) is 16.1. The highest BCUT2D eigenvalue weighted by Crippen LogP contribution is 2.16. The largest absolute Gasteiger partial charge is 0.399 e. The second-order valence-corrected chi connectivity index (χ2v) is 6.60. The molecule has 4 nitrogen and oxygen atoms in total. The molecule has 0 spiro atoms. The highest BCUT2D eigenvalue weighted by Gasteiger charge is 2.02. The van der Waals surface area contributed by atoms with Gasteiger partial charge in [-0.2, -0.15) is 0 Å². The van der Waals surface area contributed by atoms with Gasteiger partial charge in [0.25, 0.3) is 0 Å². The third-order valence-electron chi connectivity index (χ3n) is 4.31. The molecular formula is C26H18N4. The molecule has 30 heavy (non-hydrogen) atoms. The minimum absolute atomic E-state index is 0.720. The van der Waals surface area contributed by atoms with Crippen molar-refractivity contribution in [1.29, 1.82) is 0 Å². The fourth-order valence-electron chi connectivity index (χ4n) is 2.72. The van der Waals surface area contributed by atoms with Gasteiger partial charge in [-0.25, -0.2) is 0 Å². The Morgan fingerprint density at radius 2 is 0.833 bits per heavy atom. The molecular weight excluding hydrogens is 368 g/mol. The van der Waals surface area contributed by atoms with Gasteiger partial charge < -0.3 is 11.5 Å². The summed E-state index contributed by atoms with van der Waals surface area (Å²) in [6, 6.07) is 22.5. The monoisotopic (exact) mass is 386 g/mol. The summed E-state index contributed by atoms with van der Waals surface area (Å²) in [6.07, 6.45) is 3.47. The summed E-state index contributed by atoms with van der Waals surface area (Å²) in [5.74, 6) is 12.6. The number of nitrogens with zero attached hydrogens (tertiary/aromatic N) is 2. The van der Waals surface area contributed by atoms with Crippen molar-refractivity contribution in [3.63, 3.8) is 0 Å². The molecule has 4 aromatic rings. The van der Waals surface area contributed by atoms with Gasteiger partial charge in [-0.1, -0.05) is 23.7 Å². The normalized spacial score (nSPS) is 9.73. The van der Waals surface area contributed by atoms with Crippen LogP contribution < -0.4 is 11.5 Å². The molecule has 142 valence electrons. The molecule has 0 fully saturated rings. The number of rotatable bonds is 1. The van der Waals surface area contributed by atoms with Crippen LogP contribution in [0.15, 0.2) is 85.2 Å². The molecule has 0 amide bonds. The summed E-state index contributed by atoms with van der Waals surface area (Å²) >= 11 is 0. The maximum atomic E-state index is 5.71. The summed E-state index contributed by atoms with van der Waals surface area (Å²) in [5, 5.41) is 0. The Morgan fingerprint density at radius 1 is 0.467 bits per heavy atom. The fraction of sp³-hybridized carbons (Fsp3) is 0. The summed E-state index contributed by atoms with van der Waals surface area (Å²) in [4.78, 5) is 8.87. The number of nitrogen functional groups attached to an aromatic ring is 2. The van der Waals surface area contributed by atoms with Crippen LogP contribution in [0, 0.1) is 23.7 Å². The molecule has 0 atom stereocenters. The van der Waals surface area contributed by atoms with Crippen LogP contribution in [0.25, 0.3) is 11.4 Å². The van der Waals surface area contributed by atoms with Crippen molar-refractivity contribution < 1.29 is 0 Å². The van der Waals surface area contributed by atoms with E-state index in [0.717, 1.165) is 45.0 Å². The highest BCUT2D eigenvalue weighted by atomic mass is 14.8. The van der Waals surface area contributed by atoms with E-state index in [1.807, 2.05) is 72.8 Å². The standard InChI is InChI=1S/C26H18N4/c27-23-9-5-19(6-10-23)1-3-21-13-15-29-25(17-21)26-18-22(14-16-30-26)4-2-20-7-11-24(28)12-8-20/h5-18H,27-28H2. The lowest BCUT2D eigenvalue weighted by Gasteiger charge is -2.01. The van der Waals surface area contributed by atoms with E-state index in [-0.39, 0.29) is 0 Å². The van der Waals surface area contributed by atoms with Gasteiger partial charge in [0.2, 0.25) is 0 Å². The SMILES string of the molecule is Nc1ccc(C#Cc2ccnc(-c3cc(C#Cc4ccc(N)cc4)ccn3)c2)cc1. The van der Waals surface area contributed by atoms with Crippen LogP contribution in [-0.4, -0.2) is 9.97 Å². The van der Waals surface area contributed by atoms with Crippen molar-refractivity contribution in [3.05, 3.63) is 107 Å². The van der Waals surface area contributed by atoms with Gasteiger partial charge in [-0.15, -0.1) is 0 Å². The smallest absolute Gasteiger partial charge is 0.0898 e. The van der Waals surface area contributed by atoms with Gasteiger partial charge in [0.05, 0.1) is 11.4 Å². The maximum absolute atomic E-state index is 5.71. The summed E-state index contributed by atoms with van der Waals surface area (Å²) in [7, 11) is 0. The molecule has 0 saturated carbocycles. The third-order valence-corrected chi connectivity index (χ3v) is 4.31. The minimum Gasteiger partial charge on any atom is -0.399 e. The molecule has 4 N–H and O–H groups in total. The maximum Gasteiger partial charge on any atom is 0.0898 e. The molecule has 2 aromatic carbocycles. The first kappa shape index (κ1) is 18.8. The van der Waals surface area contributed by atoms with Crippen molar-refractivity contribution in [2.45, 2.75) is 0 Å². The summed E-state index contributed by atoms with van der Waals surface area (Å²) in [6.45, 7) is 0. The fourth-order valence-corrected chi connectivity index (χ4v) is 2.72. The average molecular weight is 386 g/mol. The molecule has 2 aromatic heterocycles. The van der Waals surface area contributed by atoms with Gasteiger partial charge >= 0.3 is 0 Å². The van der Waals surface area contributed by atoms with Crippen LogP contribution in [0.1, 0.15) is 22.3 Å². The molecule has 4 rings (SSSR count). The van der Waals surface area contributed by atoms with Gasteiger partial charge in [0, 0.05) is 46.0 Å². The first-order valence-electron chi connectivity index (χ1n) is 9.33. The molecule has 4 heteroatoms. The van der Waals surface area contributed by atoms with Crippen LogP contribution in [0.3, 0.4) is 0 Å². The Morgan fingerprint density at radius 3 is 1.23 bits per heavy atom. The summed E-state index contributed by atoms with van der Waals surface area (Å²) < 4.78 is 0. The number of aromatic nitrogens is 2. The van der Waals surface area contributed by atoms with Crippen LogP contribution in [0.5, 0.6) is 0 Å². The highest BCUT2D eigenvalue weighted by molar-refractivity contribution is 5.60. The van der Waals surface area contributed by atoms with Crippen molar-refractivity contribution >= 4 is 11.4 Å². The first-order chi connectivity index (χ1) is 14.7. The van der Waals surface area contributed by atoms with Gasteiger partial charge in [-0.3, -0.25) is 9.97 Å². The van der Waals surface area contributed by atoms with E-state index in [1.54, 1.807) is 12.4 Å². The number of benzene rings is 2. The van der Waals surface area contributed by atoms with Crippen molar-refractivity contribution in [2.75, 3.05) is 11.5 Å². The second-order valence-electron chi connectivity index (χ2n) is 6.60. The lowest BCUT2D eigenvalue weighted by Crippen LogP contribution is -1.90. The third kappa shape index (κ3) is 4.84. The Labute approximate surface area is 175 Å². The second kappa shape index (κ2) is 8.65. The predicted molar refractivity (Wildman–Crippen MR) is 121 cm³/mol. The predicted octanol–water partition coefficient (Wildman–Crippen LogP) is 4.11. The lowest BCUT2D eigenvalue weighted by atomic mass is 10.1. The molecule has 0 bridgehead atoms. The molecule has 0 aliphatic rings. The Balaban J connectivity index is 1.58. The molecule has 0 unspecified atom stereocenters. The van der Waals surface area contributed by atoms with E-state index in [1.165, 1.54) is 0 Å². The van der Waals surface area contributed by atoms with E-state index in [4.69, 9.17) is 11.5 Å². The van der Waals surface area contributed by atoms with E-state index in [0.29, 0.717) is 0 Å². The Bertz CT molecular complexity index is 1190. The van der Waals surface area contributed by atoms with Crippen LogP contribution >= 0.6 is 0 Å². The molecule has 0 saturated heterocycles. The van der Waals surface area contributed by atoms with Gasteiger partial charge in [0.15, 0.2) is 0 Å². The number of hydrogen-bond donors (Lipinski definition) is 2. The van der Waals surface area contributed by atoms with E-state index in [2.05, 4.69) is 33.6 Å². The lowest BCUT2D eigenvalue weighted by molar-refractivity contribution is 1.24. The van der Waals surface area contributed by atoms with Crippen molar-refractivity contribution in [3.8, 4) is 35.1 Å². The zero-order chi connectivity index (χ0) is 20.8. The van der Waals surface area contributed by atoms with E-state index in [9.17, 15) is 0 Å². The molecule has 0 radical (unpaired) electrons. The molecule has 2 heterocycles. The molecule has 0 aliphatic carbocycles. The Kier molecular flexibility index (Phi) is 5.42. The van der Waals surface area contributed by atoms with Crippen LogP contribution in [0.4, 0.5) is 11.4 Å². The van der Waals surface area contributed by atoms with Crippen molar-refractivity contribution in [2.24, 2.45) is 0 Å². The quantitative estimate of drug-likeness (QED) is 0.381. The zero-order valence-electron chi connectivity index (χ0n) is 16.1. The van der Waals surface area contributed by atoms with Gasteiger partial charge in [-0.05, 0) is 72.8 Å². The van der Waals surface area contributed by atoms with E-state index >= 15 is 0 Å². The van der Waals surface area contributed by atoms with Crippen LogP contribution in [-0.2, 0) is 0 Å². The topological polar surface area (TPSA) is 77.8 Å². The summed E-state index contributed by atoms with van der Waals surface area (Å²) in [5.41, 5.74) is 17.9. The number of pyridine rings is 2. The van der Waals surface area contributed by atoms with E-state index < -0.39 is 0 Å². The minimum atomic E-state index is 0.720. The van der Waals surface area contributed by atoms with Crippen molar-refractivity contribution in [1.82, 2.24) is 9.97 Å². The van der Waals surface area contributed by atoms with Crippen LogP contribution in [0.2, 0.25) is 0 Å². The number of anilines is 2. The number of hydrogen-bond acceptors (Lipinski definition) is 4.